The van der Waals surface area contributed by atoms with Crippen molar-refractivity contribution in [3.8, 4) is 0 Å². The predicted octanol–water partition coefficient (Wildman–Crippen LogP) is 2.97. The van der Waals surface area contributed by atoms with Gasteiger partial charge in [-0.05, 0) is 26.3 Å². The van der Waals surface area contributed by atoms with Gasteiger partial charge in [-0.1, -0.05) is 11.6 Å². The molecule has 0 aliphatic heterocycles. The molecule has 0 aliphatic carbocycles. The van der Waals surface area contributed by atoms with Gasteiger partial charge in [-0.3, -0.25) is 9.48 Å². The molecule has 10 heteroatoms. The van der Waals surface area contributed by atoms with E-state index in [-0.39, 0.29) is 32.8 Å². The summed E-state index contributed by atoms with van der Waals surface area (Å²) >= 11 is 7.06. The molecule has 2 aromatic heterocycles. The molecule has 0 aromatic carbocycles. The molecule has 2 rings (SSSR count). The maximum absolute atomic E-state index is 12.5. The van der Waals surface area contributed by atoms with Crippen molar-refractivity contribution in [1.29, 1.82) is 0 Å². The second kappa shape index (κ2) is 7.88. The zero-order valence-corrected chi connectivity index (χ0v) is 16.5. The molecular formula is C16H18ClN3O5S. The van der Waals surface area contributed by atoms with Crippen molar-refractivity contribution in [2.24, 2.45) is 7.05 Å². The highest BCUT2D eigenvalue weighted by Gasteiger charge is 2.28. The number of hydrogen-bond acceptors (Lipinski definition) is 7. The molecule has 0 unspecified atom stereocenters. The van der Waals surface area contributed by atoms with Crippen molar-refractivity contribution in [1.82, 2.24) is 9.78 Å². The van der Waals surface area contributed by atoms with Crippen LogP contribution in [0.4, 0.5) is 5.00 Å². The average Bonchev–Trinajstić information content (AvgIpc) is 3.06. The molecule has 0 bridgehead atoms. The van der Waals surface area contributed by atoms with Gasteiger partial charge in [-0.2, -0.15) is 5.10 Å². The van der Waals surface area contributed by atoms with E-state index in [1.807, 2.05) is 0 Å². The number of hydrogen-bond donors (Lipinski definition) is 1. The van der Waals surface area contributed by atoms with E-state index in [0.717, 1.165) is 11.3 Å². The summed E-state index contributed by atoms with van der Waals surface area (Å²) in [5, 5.41) is 7.04. The van der Waals surface area contributed by atoms with Gasteiger partial charge < -0.3 is 14.8 Å². The van der Waals surface area contributed by atoms with Crippen LogP contribution in [0.15, 0.2) is 0 Å². The van der Waals surface area contributed by atoms with Crippen LogP contribution >= 0.6 is 22.9 Å². The number of nitrogens with one attached hydrogen (secondary N) is 1. The number of thiophene rings is 1. The average molecular weight is 400 g/mol. The highest BCUT2D eigenvalue weighted by Crippen LogP contribution is 2.35. The van der Waals surface area contributed by atoms with E-state index < -0.39 is 17.8 Å². The highest BCUT2D eigenvalue weighted by atomic mass is 35.5. The van der Waals surface area contributed by atoms with E-state index in [4.69, 9.17) is 21.1 Å². The number of carbonyl (C=O) groups is 3. The van der Waals surface area contributed by atoms with Gasteiger partial charge in [0.25, 0.3) is 5.91 Å². The van der Waals surface area contributed by atoms with Crippen LogP contribution in [0.5, 0.6) is 0 Å². The van der Waals surface area contributed by atoms with Crippen molar-refractivity contribution >= 4 is 45.8 Å². The molecule has 0 saturated carbocycles. The third-order valence-corrected chi connectivity index (χ3v) is 5.34. The van der Waals surface area contributed by atoms with E-state index in [9.17, 15) is 14.4 Å². The number of rotatable bonds is 5. The number of methoxy groups -OCH3 is 1. The molecule has 0 spiro atoms. The van der Waals surface area contributed by atoms with Gasteiger partial charge in [0.1, 0.15) is 9.88 Å². The fourth-order valence-electron chi connectivity index (χ4n) is 2.23. The first-order valence-electron chi connectivity index (χ1n) is 7.62. The van der Waals surface area contributed by atoms with Crippen LogP contribution in [0.25, 0.3) is 0 Å². The smallest absolute Gasteiger partial charge is 0.348 e. The summed E-state index contributed by atoms with van der Waals surface area (Å²) in [7, 11) is 2.88. The van der Waals surface area contributed by atoms with Crippen molar-refractivity contribution < 1.29 is 23.9 Å². The van der Waals surface area contributed by atoms with Crippen LogP contribution < -0.4 is 5.32 Å². The SMILES string of the molecule is CCOC(=O)c1sc(NC(=O)c2nn(C)c(C)c2Cl)c(C(=O)OC)c1C. The standard InChI is InChI=1S/C16H18ClN3O5S/c1-6-25-16(23)12-7(2)9(15(22)24-5)14(26-12)18-13(21)11-10(17)8(3)20(4)19-11/h6H2,1-5H3,(H,18,21). The topological polar surface area (TPSA) is 99.5 Å². The Morgan fingerprint density at radius 2 is 1.92 bits per heavy atom. The van der Waals surface area contributed by atoms with E-state index in [2.05, 4.69) is 10.4 Å². The zero-order valence-electron chi connectivity index (χ0n) is 14.9. The molecule has 0 aliphatic rings. The largest absolute Gasteiger partial charge is 0.465 e. The molecule has 1 N–H and O–H groups in total. The Morgan fingerprint density at radius 1 is 1.27 bits per heavy atom. The number of nitrogens with zero attached hydrogens (tertiary/aromatic N) is 2. The lowest BCUT2D eigenvalue weighted by Crippen LogP contribution is -2.15. The molecule has 140 valence electrons. The van der Waals surface area contributed by atoms with Gasteiger partial charge in [-0.25, -0.2) is 9.59 Å². The first kappa shape index (κ1) is 19.9. The van der Waals surface area contributed by atoms with Crippen molar-refractivity contribution in [3.05, 3.63) is 32.4 Å². The number of halogens is 1. The quantitative estimate of drug-likeness (QED) is 0.776. The van der Waals surface area contributed by atoms with E-state index in [1.165, 1.54) is 11.8 Å². The minimum Gasteiger partial charge on any atom is -0.465 e. The summed E-state index contributed by atoms with van der Waals surface area (Å²) in [6, 6.07) is 0. The van der Waals surface area contributed by atoms with Crippen LogP contribution in [-0.4, -0.2) is 41.3 Å². The van der Waals surface area contributed by atoms with Crippen LogP contribution in [0, 0.1) is 13.8 Å². The predicted molar refractivity (Wildman–Crippen MR) is 97.3 cm³/mol. The third kappa shape index (κ3) is 3.58. The van der Waals surface area contributed by atoms with E-state index in [1.54, 1.807) is 27.8 Å². The van der Waals surface area contributed by atoms with Crippen LogP contribution in [0.3, 0.4) is 0 Å². The molecular weight excluding hydrogens is 382 g/mol. The van der Waals surface area contributed by atoms with Crippen molar-refractivity contribution in [2.75, 3.05) is 19.0 Å². The Hall–Kier alpha value is -2.39. The summed E-state index contributed by atoms with van der Waals surface area (Å²) in [5.41, 5.74) is 1.11. The fourth-order valence-corrected chi connectivity index (χ4v) is 3.56. The second-order valence-electron chi connectivity index (χ2n) is 5.30. The molecule has 2 aromatic rings. The molecule has 2 heterocycles. The van der Waals surface area contributed by atoms with Crippen LogP contribution in [0.2, 0.25) is 5.02 Å². The fraction of sp³-hybridized carbons (Fsp3) is 0.375. The third-order valence-electron chi connectivity index (χ3n) is 3.70. The lowest BCUT2D eigenvalue weighted by atomic mass is 10.1. The van der Waals surface area contributed by atoms with Gasteiger partial charge in [0.15, 0.2) is 5.69 Å². The van der Waals surface area contributed by atoms with Gasteiger partial charge in [0.2, 0.25) is 0 Å². The number of ether oxygens (including phenoxy) is 2. The summed E-state index contributed by atoms with van der Waals surface area (Å²) in [6.45, 7) is 5.17. The summed E-state index contributed by atoms with van der Waals surface area (Å²) < 4.78 is 11.2. The number of amides is 1. The summed E-state index contributed by atoms with van der Waals surface area (Å²) in [5.74, 6) is -1.85. The monoisotopic (exact) mass is 399 g/mol. The first-order valence-corrected chi connectivity index (χ1v) is 8.81. The zero-order chi connectivity index (χ0) is 19.6. The molecule has 0 atom stereocenters. The molecule has 0 radical (unpaired) electrons. The highest BCUT2D eigenvalue weighted by molar-refractivity contribution is 7.18. The maximum Gasteiger partial charge on any atom is 0.348 e. The molecule has 26 heavy (non-hydrogen) atoms. The number of esters is 2. The van der Waals surface area contributed by atoms with E-state index >= 15 is 0 Å². The lowest BCUT2D eigenvalue weighted by molar-refractivity contribution is 0.0531. The lowest BCUT2D eigenvalue weighted by Gasteiger charge is -2.05. The van der Waals surface area contributed by atoms with E-state index in [0.29, 0.717) is 11.3 Å². The summed E-state index contributed by atoms with van der Waals surface area (Å²) in [4.78, 5) is 37.0. The molecule has 0 fully saturated rings. The molecule has 1 amide bonds. The number of aromatic nitrogens is 2. The van der Waals surface area contributed by atoms with Gasteiger partial charge >= 0.3 is 11.9 Å². The Bertz CT molecular complexity index is 887. The maximum atomic E-state index is 12.5. The molecule has 8 nitrogen and oxygen atoms in total. The van der Waals surface area contributed by atoms with Crippen molar-refractivity contribution in [3.63, 3.8) is 0 Å². The van der Waals surface area contributed by atoms with Gasteiger partial charge in [0, 0.05) is 7.05 Å². The number of anilines is 1. The number of carbonyl (C=O) groups excluding carboxylic acids is 3. The second-order valence-corrected chi connectivity index (χ2v) is 6.70. The number of aryl methyl sites for hydroxylation is 1. The van der Waals surface area contributed by atoms with Crippen molar-refractivity contribution in [2.45, 2.75) is 20.8 Å². The Kier molecular flexibility index (Phi) is 6.04. The van der Waals surface area contributed by atoms with Crippen LogP contribution in [-0.2, 0) is 16.5 Å². The normalized spacial score (nSPS) is 10.5. The summed E-state index contributed by atoms with van der Waals surface area (Å²) in [6.07, 6.45) is 0. The minimum absolute atomic E-state index is 0.0196. The first-order chi connectivity index (χ1) is 12.2. The molecule has 0 saturated heterocycles. The Labute approximate surface area is 159 Å². The Balaban J connectivity index is 2.45. The van der Waals surface area contributed by atoms with Gasteiger partial charge in [-0.15, -0.1) is 11.3 Å². The minimum atomic E-state index is -0.673. The van der Waals surface area contributed by atoms with Gasteiger partial charge in [0.05, 0.1) is 30.0 Å². The Morgan fingerprint density at radius 3 is 2.42 bits per heavy atom. The van der Waals surface area contributed by atoms with Crippen LogP contribution in [0.1, 0.15) is 48.7 Å².